The molecule has 178 valence electrons. The monoisotopic (exact) mass is 455 g/mol. The SMILES string of the molecule is CCOC(=O)CC(c1cccc(OCC2CCC(c3cc(OC)ccc3F)CC2)n1)C1CC1. The van der Waals surface area contributed by atoms with Crippen LogP contribution in [0.15, 0.2) is 36.4 Å². The summed E-state index contributed by atoms with van der Waals surface area (Å²) in [6.07, 6.45) is 6.51. The molecule has 2 fully saturated rings. The quantitative estimate of drug-likeness (QED) is 0.410. The summed E-state index contributed by atoms with van der Waals surface area (Å²) in [5.41, 5.74) is 1.68. The Bertz CT molecular complexity index is 937. The van der Waals surface area contributed by atoms with Crippen molar-refractivity contribution in [1.29, 1.82) is 0 Å². The minimum absolute atomic E-state index is 0.0980. The lowest BCUT2D eigenvalue weighted by molar-refractivity contribution is -0.143. The maximum absolute atomic E-state index is 14.3. The second kappa shape index (κ2) is 11.0. The Labute approximate surface area is 195 Å². The Hall–Kier alpha value is -2.63. The lowest BCUT2D eigenvalue weighted by Crippen LogP contribution is -2.20. The molecule has 5 nitrogen and oxygen atoms in total. The number of rotatable bonds is 10. The zero-order valence-corrected chi connectivity index (χ0v) is 19.6. The number of carbonyl (C=O) groups excluding carboxylic acids is 1. The smallest absolute Gasteiger partial charge is 0.306 e. The maximum Gasteiger partial charge on any atom is 0.306 e. The van der Waals surface area contributed by atoms with E-state index in [1.807, 2.05) is 31.2 Å². The average Bonchev–Trinajstić information content (AvgIpc) is 3.68. The van der Waals surface area contributed by atoms with Crippen molar-refractivity contribution in [3.8, 4) is 11.6 Å². The number of nitrogens with zero attached hydrogens (tertiary/aromatic N) is 1. The topological polar surface area (TPSA) is 57.7 Å². The summed E-state index contributed by atoms with van der Waals surface area (Å²) in [6.45, 7) is 2.84. The number of methoxy groups -OCH3 is 1. The van der Waals surface area contributed by atoms with Crippen LogP contribution in [-0.2, 0) is 9.53 Å². The van der Waals surface area contributed by atoms with Crippen LogP contribution in [0.4, 0.5) is 4.39 Å². The lowest BCUT2D eigenvalue weighted by atomic mass is 9.79. The fourth-order valence-electron chi connectivity index (χ4n) is 4.93. The summed E-state index contributed by atoms with van der Waals surface area (Å²) in [4.78, 5) is 16.8. The van der Waals surface area contributed by atoms with Gasteiger partial charge in [-0.15, -0.1) is 0 Å². The lowest BCUT2D eigenvalue weighted by Gasteiger charge is -2.29. The van der Waals surface area contributed by atoms with Crippen LogP contribution in [0.5, 0.6) is 11.6 Å². The Morgan fingerprint density at radius 2 is 1.91 bits per heavy atom. The first kappa shape index (κ1) is 23.5. The molecule has 0 saturated heterocycles. The largest absolute Gasteiger partial charge is 0.497 e. The summed E-state index contributed by atoms with van der Waals surface area (Å²) < 4.78 is 30.8. The second-order valence-corrected chi connectivity index (χ2v) is 9.27. The van der Waals surface area contributed by atoms with Crippen molar-refractivity contribution in [3.63, 3.8) is 0 Å². The van der Waals surface area contributed by atoms with Gasteiger partial charge < -0.3 is 14.2 Å². The van der Waals surface area contributed by atoms with Crippen molar-refractivity contribution in [3.05, 3.63) is 53.5 Å². The molecule has 0 N–H and O–H groups in total. The Morgan fingerprint density at radius 1 is 1.12 bits per heavy atom. The minimum atomic E-state index is -0.160. The molecule has 0 spiro atoms. The van der Waals surface area contributed by atoms with Crippen LogP contribution in [0.1, 0.15) is 75.0 Å². The van der Waals surface area contributed by atoms with E-state index in [2.05, 4.69) is 0 Å². The van der Waals surface area contributed by atoms with Crippen LogP contribution in [0, 0.1) is 17.7 Å². The van der Waals surface area contributed by atoms with E-state index >= 15 is 0 Å². The molecule has 0 radical (unpaired) electrons. The fourth-order valence-corrected chi connectivity index (χ4v) is 4.93. The van der Waals surface area contributed by atoms with Crippen molar-refractivity contribution in [1.82, 2.24) is 4.98 Å². The molecule has 1 atom stereocenters. The van der Waals surface area contributed by atoms with E-state index in [1.165, 1.54) is 6.07 Å². The molecule has 1 aromatic heterocycles. The first-order valence-electron chi connectivity index (χ1n) is 12.2. The van der Waals surface area contributed by atoms with Gasteiger partial charge in [-0.3, -0.25) is 4.79 Å². The van der Waals surface area contributed by atoms with E-state index in [1.54, 1.807) is 13.2 Å². The van der Waals surface area contributed by atoms with Gasteiger partial charge in [0, 0.05) is 17.7 Å². The summed E-state index contributed by atoms with van der Waals surface area (Å²) in [6, 6.07) is 10.8. The normalized spacial score (nSPS) is 21.3. The van der Waals surface area contributed by atoms with Crippen LogP contribution in [0.2, 0.25) is 0 Å². The predicted molar refractivity (Wildman–Crippen MR) is 124 cm³/mol. The highest BCUT2D eigenvalue weighted by molar-refractivity contribution is 5.70. The molecule has 1 unspecified atom stereocenters. The number of esters is 1. The molecule has 2 aliphatic carbocycles. The number of halogens is 1. The Morgan fingerprint density at radius 3 is 2.61 bits per heavy atom. The van der Waals surface area contributed by atoms with Crippen molar-refractivity contribution < 1.29 is 23.4 Å². The molecule has 6 heteroatoms. The first-order chi connectivity index (χ1) is 16.1. The van der Waals surface area contributed by atoms with Crippen molar-refractivity contribution >= 4 is 5.97 Å². The highest BCUT2D eigenvalue weighted by Gasteiger charge is 2.35. The summed E-state index contributed by atoms with van der Waals surface area (Å²) >= 11 is 0. The first-order valence-corrected chi connectivity index (χ1v) is 12.2. The third kappa shape index (κ3) is 6.24. The van der Waals surface area contributed by atoms with Gasteiger partial charge in [-0.25, -0.2) is 9.37 Å². The van der Waals surface area contributed by atoms with E-state index in [-0.39, 0.29) is 23.6 Å². The van der Waals surface area contributed by atoms with Crippen molar-refractivity contribution in [2.75, 3.05) is 20.3 Å². The molecular formula is C27H34FNO4. The summed E-state index contributed by atoms with van der Waals surface area (Å²) in [5.74, 6) is 2.26. The molecule has 2 aromatic rings. The van der Waals surface area contributed by atoms with Crippen molar-refractivity contribution in [2.24, 2.45) is 11.8 Å². The summed E-state index contributed by atoms with van der Waals surface area (Å²) in [7, 11) is 1.61. The Balaban J connectivity index is 1.31. The van der Waals surface area contributed by atoms with Crippen LogP contribution in [-0.4, -0.2) is 31.3 Å². The fraction of sp³-hybridized carbons (Fsp3) is 0.556. The molecule has 0 amide bonds. The summed E-state index contributed by atoms with van der Waals surface area (Å²) in [5, 5.41) is 0. The van der Waals surface area contributed by atoms with Gasteiger partial charge >= 0.3 is 5.97 Å². The van der Waals surface area contributed by atoms with Gasteiger partial charge in [0.2, 0.25) is 5.88 Å². The molecule has 2 aliphatic rings. The second-order valence-electron chi connectivity index (χ2n) is 9.27. The standard InChI is InChI=1S/C27H34FNO4/c1-3-32-27(30)16-23(20-11-12-20)25-5-4-6-26(29-25)33-17-18-7-9-19(10-8-18)22-15-21(31-2)13-14-24(22)28/h4-6,13-15,18-20,23H,3,7-12,16-17H2,1-2H3. The van der Waals surface area contributed by atoms with E-state index in [9.17, 15) is 9.18 Å². The number of ether oxygens (including phenoxy) is 3. The highest BCUT2D eigenvalue weighted by atomic mass is 19.1. The highest BCUT2D eigenvalue weighted by Crippen LogP contribution is 2.44. The molecular weight excluding hydrogens is 421 g/mol. The van der Waals surface area contributed by atoms with Crippen LogP contribution >= 0.6 is 0 Å². The molecule has 1 heterocycles. The molecule has 4 rings (SSSR count). The van der Waals surface area contributed by atoms with Gasteiger partial charge in [0.15, 0.2) is 0 Å². The van der Waals surface area contributed by atoms with Gasteiger partial charge in [-0.2, -0.15) is 0 Å². The van der Waals surface area contributed by atoms with Crippen LogP contribution in [0.3, 0.4) is 0 Å². The third-order valence-electron chi connectivity index (χ3n) is 6.96. The van der Waals surface area contributed by atoms with E-state index in [0.29, 0.717) is 43.1 Å². The Kier molecular flexibility index (Phi) is 7.84. The maximum atomic E-state index is 14.3. The van der Waals surface area contributed by atoms with E-state index in [0.717, 1.165) is 49.8 Å². The molecule has 33 heavy (non-hydrogen) atoms. The number of hydrogen-bond acceptors (Lipinski definition) is 5. The number of aromatic nitrogens is 1. The van der Waals surface area contributed by atoms with Gasteiger partial charge in [-0.05, 0) is 93.0 Å². The van der Waals surface area contributed by atoms with Crippen LogP contribution in [0.25, 0.3) is 0 Å². The van der Waals surface area contributed by atoms with Gasteiger partial charge in [-0.1, -0.05) is 6.07 Å². The number of carbonyl (C=O) groups is 1. The molecule has 0 aliphatic heterocycles. The third-order valence-corrected chi connectivity index (χ3v) is 6.96. The van der Waals surface area contributed by atoms with E-state index in [4.69, 9.17) is 19.2 Å². The van der Waals surface area contributed by atoms with E-state index < -0.39 is 0 Å². The zero-order valence-electron chi connectivity index (χ0n) is 19.6. The van der Waals surface area contributed by atoms with Crippen molar-refractivity contribution in [2.45, 2.75) is 63.7 Å². The minimum Gasteiger partial charge on any atom is -0.497 e. The zero-order chi connectivity index (χ0) is 23.2. The van der Waals surface area contributed by atoms with Crippen LogP contribution < -0.4 is 9.47 Å². The molecule has 0 bridgehead atoms. The molecule has 2 saturated carbocycles. The van der Waals surface area contributed by atoms with Gasteiger partial charge in [0.05, 0.1) is 26.7 Å². The van der Waals surface area contributed by atoms with Gasteiger partial charge in [0.25, 0.3) is 0 Å². The number of pyridine rings is 1. The predicted octanol–water partition coefficient (Wildman–Crippen LogP) is 6.03. The van der Waals surface area contributed by atoms with Gasteiger partial charge in [0.1, 0.15) is 11.6 Å². The number of benzene rings is 1. The number of hydrogen-bond donors (Lipinski definition) is 0. The molecule has 1 aromatic carbocycles. The average molecular weight is 456 g/mol.